The van der Waals surface area contributed by atoms with Crippen molar-refractivity contribution in [1.82, 2.24) is 21.5 Å². The molecule has 10 heteroatoms. The molecule has 148 valence electrons. The Morgan fingerprint density at radius 1 is 0.964 bits per heavy atom. The van der Waals surface area contributed by atoms with Gasteiger partial charge in [-0.15, -0.1) is 0 Å². The molecule has 0 atom stereocenters. The second kappa shape index (κ2) is 10.8. The van der Waals surface area contributed by atoms with E-state index in [1.807, 2.05) is 30.3 Å². The van der Waals surface area contributed by atoms with E-state index in [2.05, 4.69) is 26.2 Å². The second-order valence-corrected chi connectivity index (χ2v) is 5.81. The van der Waals surface area contributed by atoms with Crippen molar-refractivity contribution in [2.75, 3.05) is 6.54 Å². The minimum atomic E-state index is -3.06. The molecule has 0 bridgehead atoms. The third-order valence-electron chi connectivity index (χ3n) is 3.37. The summed E-state index contributed by atoms with van der Waals surface area (Å²) in [5.41, 5.74) is 5.71. The summed E-state index contributed by atoms with van der Waals surface area (Å²) in [6.07, 6.45) is 0. The maximum Gasteiger partial charge on any atom is 0.387 e. The van der Waals surface area contributed by atoms with Crippen LogP contribution in [0.25, 0.3) is 0 Å². The Hall–Kier alpha value is -3.27. The lowest BCUT2D eigenvalue weighted by atomic mass is 10.2. The Labute approximate surface area is 165 Å². The predicted molar refractivity (Wildman–Crippen MR) is 103 cm³/mol. The van der Waals surface area contributed by atoms with E-state index < -0.39 is 25.0 Å². The molecule has 0 aromatic heterocycles. The number of carbonyl (C=O) groups excluding carboxylic acids is 2. The SMILES string of the molecule is O=C(CNC(=O)c1ccccc1OC(F)F)NNC(=S)NCc1ccccc1. The number of hydrogen-bond acceptors (Lipinski definition) is 4. The predicted octanol–water partition coefficient (Wildman–Crippen LogP) is 1.71. The van der Waals surface area contributed by atoms with Crippen LogP contribution < -0.4 is 26.2 Å². The molecule has 0 saturated heterocycles. The van der Waals surface area contributed by atoms with E-state index >= 15 is 0 Å². The Morgan fingerprint density at radius 2 is 1.64 bits per heavy atom. The minimum absolute atomic E-state index is 0.108. The summed E-state index contributed by atoms with van der Waals surface area (Å²) >= 11 is 5.03. The number of nitrogens with one attached hydrogen (secondary N) is 4. The van der Waals surface area contributed by atoms with Crippen molar-refractivity contribution in [3.63, 3.8) is 0 Å². The second-order valence-electron chi connectivity index (χ2n) is 5.40. The van der Waals surface area contributed by atoms with Crippen molar-refractivity contribution in [1.29, 1.82) is 0 Å². The zero-order chi connectivity index (χ0) is 20.4. The lowest BCUT2D eigenvalue weighted by Crippen LogP contribution is -2.49. The molecular weight excluding hydrogens is 390 g/mol. The number of amides is 2. The zero-order valence-corrected chi connectivity index (χ0v) is 15.4. The van der Waals surface area contributed by atoms with Crippen LogP contribution in [0.4, 0.5) is 8.78 Å². The number of carbonyl (C=O) groups is 2. The molecule has 7 nitrogen and oxygen atoms in total. The number of alkyl halides is 2. The van der Waals surface area contributed by atoms with Gasteiger partial charge in [0.2, 0.25) is 0 Å². The smallest absolute Gasteiger partial charge is 0.387 e. The molecule has 2 aromatic carbocycles. The third kappa shape index (κ3) is 7.16. The van der Waals surface area contributed by atoms with Crippen LogP contribution in [-0.2, 0) is 11.3 Å². The Kier molecular flexibility index (Phi) is 8.10. The fourth-order valence-electron chi connectivity index (χ4n) is 2.10. The largest absolute Gasteiger partial charge is 0.434 e. The number of ether oxygens (including phenoxy) is 1. The van der Waals surface area contributed by atoms with Crippen LogP contribution in [-0.4, -0.2) is 30.1 Å². The van der Waals surface area contributed by atoms with E-state index in [0.29, 0.717) is 6.54 Å². The number of thiocarbonyl (C=S) groups is 1. The number of hydrogen-bond donors (Lipinski definition) is 4. The van der Waals surface area contributed by atoms with Crippen LogP contribution in [0.5, 0.6) is 5.75 Å². The van der Waals surface area contributed by atoms with Gasteiger partial charge in [-0.3, -0.25) is 20.4 Å². The van der Waals surface area contributed by atoms with Crippen LogP contribution in [0, 0.1) is 0 Å². The summed E-state index contributed by atoms with van der Waals surface area (Å²) in [7, 11) is 0. The summed E-state index contributed by atoms with van der Waals surface area (Å²) < 4.78 is 29.0. The monoisotopic (exact) mass is 408 g/mol. The van der Waals surface area contributed by atoms with Crippen molar-refractivity contribution >= 4 is 29.1 Å². The Balaban J connectivity index is 1.73. The average Bonchev–Trinajstić information content (AvgIpc) is 2.69. The van der Waals surface area contributed by atoms with Crippen LogP contribution in [0.1, 0.15) is 15.9 Å². The standard InChI is InChI=1S/C18H18F2N4O3S/c19-17(20)27-14-9-5-4-8-13(14)16(26)21-11-15(25)23-24-18(28)22-10-12-6-2-1-3-7-12/h1-9,17H,10-11H2,(H,21,26)(H,23,25)(H2,22,24,28). The highest BCUT2D eigenvalue weighted by atomic mass is 32.1. The molecule has 0 unspecified atom stereocenters. The van der Waals surface area contributed by atoms with E-state index in [4.69, 9.17) is 12.2 Å². The molecule has 2 aromatic rings. The molecule has 2 amide bonds. The maximum atomic E-state index is 12.4. The molecule has 0 radical (unpaired) electrons. The van der Waals surface area contributed by atoms with E-state index in [-0.39, 0.29) is 16.4 Å². The van der Waals surface area contributed by atoms with E-state index in [0.717, 1.165) is 5.56 Å². The Bertz CT molecular complexity index is 821. The number of rotatable bonds is 7. The zero-order valence-electron chi connectivity index (χ0n) is 14.6. The normalized spacial score (nSPS) is 10.1. The van der Waals surface area contributed by atoms with Crippen molar-refractivity contribution in [3.8, 4) is 5.75 Å². The molecule has 4 N–H and O–H groups in total. The highest BCUT2D eigenvalue weighted by molar-refractivity contribution is 7.80. The topological polar surface area (TPSA) is 91.5 Å². The van der Waals surface area contributed by atoms with Gasteiger partial charge in [-0.05, 0) is 29.9 Å². The maximum absolute atomic E-state index is 12.4. The summed E-state index contributed by atoms with van der Waals surface area (Å²) in [6.45, 7) is -2.98. The lowest BCUT2D eigenvalue weighted by Gasteiger charge is -2.13. The molecule has 0 fully saturated rings. The molecule has 0 spiro atoms. The first-order valence-corrected chi connectivity index (χ1v) is 8.55. The van der Waals surface area contributed by atoms with Gasteiger partial charge in [-0.25, -0.2) is 0 Å². The number of halogens is 2. The fourth-order valence-corrected chi connectivity index (χ4v) is 2.23. The molecule has 2 rings (SSSR count). The van der Waals surface area contributed by atoms with E-state index in [1.165, 1.54) is 24.3 Å². The summed E-state index contributed by atoms with van der Waals surface area (Å²) in [4.78, 5) is 23.9. The van der Waals surface area contributed by atoms with Crippen LogP contribution in [0.2, 0.25) is 0 Å². The summed E-state index contributed by atoms with van der Waals surface area (Å²) in [6, 6.07) is 15.0. The number of para-hydroxylation sites is 1. The summed E-state index contributed by atoms with van der Waals surface area (Å²) in [5, 5.41) is 5.41. The highest BCUT2D eigenvalue weighted by Crippen LogP contribution is 2.19. The van der Waals surface area contributed by atoms with Gasteiger partial charge >= 0.3 is 6.61 Å². The van der Waals surface area contributed by atoms with Crippen molar-refractivity contribution < 1.29 is 23.1 Å². The highest BCUT2D eigenvalue weighted by Gasteiger charge is 2.15. The first-order chi connectivity index (χ1) is 13.5. The van der Waals surface area contributed by atoms with Gasteiger partial charge < -0.3 is 15.4 Å². The van der Waals surface area contributed by atoms with Gasteiger partial charge in [-0.1, -0.05) is 42.5 Å². The van der Waals surface area contributed by atoms with Gasteiger partial charge in [0.25, 0.3) is 11.8 Å². The molecule has 0 saturated carbocycles. The van der Waals surface area contributed by atoms with E-state index in [9.17, 15) is 18.4 Å². The molecule has 0 aliphatic heterocycles. The number of hydrazine groups is 1. The Morgan fingerprint density at radius 3 is 2.36 bits per heavy atom. The van der Waals surface area contributed by atoms with Crippen LogP contribution in [0.3, 0.4) is 0 Å². The minimum Gasteiger partial charge on any atom is -0.434 e. The molecule has 28 heavy (non-hydrogen) atoms. The van der Waals surface area contributed by atoms with Gasteiger partial charge in [0.15, 0.2) is 5.11 Å². The quantitative estimate of drug-likeness (QED) is 0.412. The van der Waals surface area contributed by atoms with Gasteiger partial charge in [0, 0.05) is 6.54 Å². The van der Waals surface area contributed by atoms with Crippen molar-refractivity contribution in [3.05, 3.63) is 65.7 Å². The molecule has 0 aliphatic rings. The first kappa shape index (κ1) is 21.0. The van der Waals surface area contributed by atoms with Gasteiger partial charge in [-0.2, -0.15) is 8.78 Å². The average molecular weight is 408 g/mol. The molecule has 0 heterocycles. The fraction of sp³-hybridized carbons (Fsp3) is 0.167. The van der Waals surface area contributed by atoms with Crippen LogP contribution in [0.15, 0.2) is 54.6 Å². The van der Waals surface area contributed by atoms with Crippen molar-refractivity contribution in [2.24, 2.45) is 0 Å². The number of benzene rings is 2. The summed E-state index contributed by atoms with van der Waals surface area (Å²) in [5.74, 6) is -1.58. The third-order valence-corrected chi connectivity index (χ3v) is 3.61. The molecular formula is C18H18F2N4O3S. The van der Waals surface area contributed by atoms with E-state index in [1.54, 1.807) is 0 Å². The van der Waals surface area contributed by atoms with Crippen molar-refractivity contribution in [2.45, 2.75) is 13.2 Å². The molecule has 0 aliphatic carbocycles. The van der Waals surface area contributed by atoms with Crippen LogP contribution >= 0.6 is 12.2 Å². The first-order valence-electron chi connectivity index (χ1n) is 8.14. The van der Waals surface area contributed by atoms with Gasteiger partial charge in [0.05, 0.1) is 12.1 Å². The van der Waals surface area contributed by atoms with Gasteiger partial charge in [0.1, 0.15) is 5.75 Å². The lowest BCUT2D eigenvalue weighted by molar-refractivity contribution is -0.120.